The quantitative estimate of drug-likeness (QED) is 0.710. The van der Waals surface area contributed by atoms with Crippen molar-refractivity contribution < 1.29 is 9.53 Å². The molecular formula is C25H32N4O2. The van der Waals surface area contributed by atoms with Crippen LogP contribution in [0.25, 0.3) is 0 Å². The number of likely N-dealkylation sites (tertiary alicyclic amines) is 1. The number of carbonyl (C=O) groups is 1. The highest BCUT2D eigenvalue weighted by Crippen LogP contribution is 2.35. The Morgan fingerprint density at radius 2 is 2.03 bits per heavy atom. The molecule has 1 aromatic carbocycles. The van der Waals surface area contributed by atoms with E-state index in [9.17, 15) is 4.79 Å². The fourth-order valence-electron chi connectivity index (χ4n) is 5.00. The number of carbonyl (C=O) groups excluding carboxylic acids is 1. The molecule has 3 aliphatic rings. The molecule has 0 radical (unpaired) electrons. The highest BCUT2D eigenvalue weighted by molar-refractivity contribution is 5.95. The maximum absolute atomic E-state index is 12.9. The number of amides is 1. The largest absolute Gasteiger partial charge is 0.497 e. The molecule has 5 rings (SSSR count). The summed E-state index contributed by atoms with van der Waals surface area (Å²) in [6, 6.07) is 7.93. The van der Waals surface area contributed by atoms with Gasteiger partial charge in [-0.25, -0.2) is 9.97 Å². The molecule has 164 valence electrons. The zero-order valence-corrected chi connectivity index (χ0v) is 18.6. The molecule has 6 heteroatoms. The summed E-state index contributed by atoms with van der Waals surface area (Å²) in [4.78, 5) is 27.4. The summed E-state index contributed by atoms with van der Waals surface area (Å²) in [5.74, 6) is 3.94. The molecular weight excluding hydrogens is 388 g/mol. The number of fused-ring (bicyclic) bond motifs is 1. The van der Waals surface area contributed by atoms with Crippen molar-refractivity contribution in [3.63, 3.8) is 0 Å². The van der Waals surface area contributed by atoms with Crippen LogP contribution in [0.15, 0.2) is 24.3 Å². The lowest BCUT2D eigenvalue weighted by Gasteiger charge is -2.34. The monoisotopic (exact) mass is 420 g/mol. The second-order valence-electron chi connectivity index (χ2n) is 9.34. The van der Waals surface area contributed by atoms with Gasteiger partial charge in [-0.05, 0) is 69.2 Å². The molecule has 2 aromatic rings. The molecule has 1 saturated heterocycles. The topological polar surface area (TPSA) is 58.6 Å². The number of aromatic nitrogens is 2. The second kappa shape index (κ2) is 8.58. The van der Waals surface area contributed by atoms with Gasteiger partial charge in [0.2, 0.25) is 5.91 Å². The predicted molar refractivity (Wildman–Crippen MR) is 120 cm³/mol. The zero-order chi connectivity index (χ0) is 21.4. The molecule has 1 amide bonds. The molecule has 31 heavy (non-hydrogen) atoms. The van der Waals surface area contributed by atoms with Crippen molar-refractivity contribution >= 4 is 11.7 Å². The number of hydrogen-bond donors (Lipinski definition) is 0. The molecule has 0 spiro atoms. The average molecular weight is 421 g/mol. The van der Waals surface area contributed by atoms with Gasteiger partial charge in [-0.3, -0.25) is 9.69 Å². The van der Waals surface area contributed by atoms with E-state index in [-0.39, 0.29) is 5.91 Å². The molecule has 3 heterocycles. The Bertz CT molecular complexity index is 972. The summed E-state index contributed by atoms with van der Waals surface area (Å²) in [6.07, 6.45) is 6.34. The first kappa shape index (κ1) is 20.4. The van der Waals surface area contributed by atoms with Crippen LogP contribution in [0.2, 0.25) is 0 Å². The Morgan fingerprint density at radius 1 is 1.16 bits per heavy atom. The molecule has 1 unspecified atom stereocenters. The number of hydrogen-bond acceptors (Lipinski definition) is 5. The van der Waals surface area contributed by atoms with Gasteiger partial charge in [-0.1, -0.05) is 12.1 Å². The van der Waals surface area contributed by atoms with Gasteiger partial charge in [-0.2, -0.15) is 0 Å². The van der Waals surface area contributed by atoms with Crippen LogP contribution in [0.3, 0.4) is 0 Å². The highest BCUT2D eigenvalue weighted by Gasteiger charge is 2.32. The fourth-order valence-corrected chi connectivity index (χ4v) is 5.00. The normalized spacial score (nSPS) is 21.8. The Hall–Kier alpha value is -2.47. The maximum atomic E-state index is 12.9. The third-order valence-corrected chi connectivity index (χ3v) is 6.91. The van der Waals surface area contributed by atoms with E-state index in [2.05, 4.69) is 11.8 Å². The maximum Gasteiger partial charge on any atom is 0.228 e. The number of benzene rings is 1. The Labute approximate surface area is 184 Å². The van der Waals surface area contributed by atoms with Crippen LogP contribution in [-0.2, 0) is 17.8 Å². The van der Waals surface area contributed by atoms with Gasteiger partial charge < -0.3 is 9.64 Å². The first-order valence-corrected chi connectivity index (χ1v) is 11.6. The number of anilines is 1. The van der Waals surface area contributed by atoms with E-state index in [0.29, 0.717) is 18.9 Å². The van der Waals surface area contributed by atoms with E-state index in [1.54, 1.807) is 7.11 Å². The number of piperidine rings is 1. The Balaban J connectivity index is 1.43. The minimum Gasteiger partial charge on any atom is -0.497 e. The van der Waals surface area contributed by atoms with Gasteiger partial charge in [0.15, 0.2) is 0 Å². The van der Waals surface area contributed by atoms with Crippen molar-refractivity contribution in [2.75, 3.05) is 31.6 Å². The van der Waals surface area contributed by atoms with E-state index in [1.165, 1.54) is 32.4 Å². The average Bonchev–Trinajstić information content (AvgIpc) is 3.60. The summed E-state index contributed by atoms with van der Waals surface area (Å²) in [5, 5.41) is 0. The minimum absolute atomic E-state index is 0.137. The molecule has 0 N–H and O–H groups in total. The number of nitrogens with zero attached hydrogens (tertiary/aromatic N) is 4. The number of ether oxygens (including phenoxy) is 1. The molecule has 1 aliphatic carbocycles. The van der Waals surface area contributed by atoms with Gasteiger partial charge in [0, 0.05) is 36.7 Å². The number of rotatable bonds is 6. The van der Waals surface area contributed by atoms with Crippen LogP contribution >= 0.6 is 0 Å². The van der Waals surface area contributed by atoms with Gasteiger partial charge in [0.05, 0.1) is 13.7 Å². The van der Waals surface area contributed by atoms with Crippen LogP contribution in [0.5, 0.6) is 5.75 Å². The lowest BCUT2D eigenvalue weighted by molar-refractivity contribution is -0.119. The lowest BCUT2D eigenvalue weighted by atomic mass is 9.95. The summed E-state index contributed by atoms with van der Waals surface area (Å²) in [6.45, 7) is 6.04. The van der Waals surface area contributed by atoms with Gasteiger partial charge in [-0.15, -0.1) is 0 Å². The molecule has 1 atom stereocenters. The molecule has 1 aromatic heterocycles. The van der Waals surface area contributed by atoms with Crippen LogP contribution in [0.1, 0.15) is 60.7 Å². The van der Waals surface area contributed by atoms with Crippen LogP contribution < -0.4 is 9.64 Å². The summed E-state index contributed by atoms with van der Waals surface area (Å²) < 4.78 is 5.37. The first-order valence-electron chi connectivity index (χ1n) is 11.6. The summed E-state index contributed by atoms with van der Waals surface area (Å²) in [7, 11) is 1.67. The van der Waals surface area contributed by atoms with Crippen molar-refractivity contribution in [3.8, 4) is 5.75 Å². The number of methoxy groups -OCH3 is 1. The van der Waals surface area contributed by atoms with Crippen molar-refractivity contribution in [1.82, 2.24) is 14.9 Å². The van der Waals surface area contributed by atoms with Crippen LogP contribution in [0, 0.1) is 12.8 Å². The van der Waals surface area contributed by atoms with Crippen molar-refractivity contribution in [2.24, 2.45) is 5.92 Å². The highest BCUT2D eigenvalue weighted by atomic mass is 16.5. The van der Waals surface area contributed by atoms with Gasteiger partial charge in [0.1, 0.15) is 17.4 Å². The second-order valence-corrected chi connectivity index (χ2v) is 9.34. The standard InChI is InChI=1S/C25H32N4O2/c1-17-22-10-11-23(30)29(15-19-5-3-7-21(13-19)31-2)25(22)27-24(26-17)20-6-4-12-28(16-20)14-18-8-9-18/h3,5,7,13,18,20H,4,6,8-12,14-16H2,1-2H3. The first-order chi connectivity index (χ1) is 15.1. The third-order valence-electron chi connectivity index (χ3n) is 6.91. The summed E-state index contributed by atoms with van der Waals surface area (Å²) in [5.41, 5.74) is 3.20. The van der Waals surface area contributed by atoms with E-state index < -0.39 is 0 Å². The zero-order valence-electron chi connectivity index (χ0n) is 18.6. The van der Waals surface area contributed by atoms with Crippen LogP contribution in [0.4, 0.5) is 5.82 Å². The van der Waals surface area contributed by atoms with Crippen molar-refractivity contribution in [2.45, 2.75) is 57.9 Å². The molecule has 2 aliphatic heterocycles. The van der Waals surface area contributed by atoms with Crippen LogP contribution in [-0.4, -0.2) is 47.5 Å². The Kier molecular flexibility index (Phi) is 5.65. The minimum atomic E-state index is 0.137. The van der Waals surface area contributed by atoms with Crippen molar-refractivity contribution in [3.05, 3.63) is 46.9 Å². The molecule has 6 nitrogen and oxygen atoms in total. The Morgan fingerprint density at radius 3 is 2.84 bits per heavy atom. The van der Waals surface area contributed by atoms with E-state index in [0.717, 1.165) is 59.5 Å². The molecule has 1 saturated carbocycles. The van der Waals surface area contributed by atoms with E-state index in [1.807, 2.05) is 29.2 Å². The van der Waals surface area contributed by atoms with E-state index >= 15 is 0 Å². The fraction of sp³-hybridized carbons (Fsp3) is 0.560. The van der Waals surface area contributed by atoms with Gasteiger partial charge in [0.25, 0.3) is 0 Å². The molecule has 0 bridgehead atoms. The summed E-state index contributed by atoms with van der Waals surface area (Å²) >= 11 is 0. The predicted octanol–water partition coefficient (Wildman–Crippen LogP) is 3.86. The lowest BCUT2D eigenvalue weighted by Crippen LogP contribution is -2.38. The smallest absolute Gasteiger partial charge is 0.228 e. The van der Waals surface area contributed by atoms with Gasteiger partial charge >= 0.3 is 0 Å². The van der Waals surface area contributed by atoms with Crippen molar-refractivity contribution in [1.29, 1.82) is 0 Å². The SMILES string of the molecule is COc1cccc(CN2C(=O)CCc3c(C)nc(C4CCCN(CC5CC5)C4)nc32)c1. The van der Waals surface area contributed by atoms with E-state index in [4.69, 9.17) is 14.7 Å². The third kappa shape index (κ3) is 4.45. The number of aryl methyl sites for hydroxylation is 1. The molecule has 2 fully saturated rings.